The third-order valence-electron chi connectivity index (χ3n) is 1.95. The third kappa shape index (κ3) is 2.20. The van der Waals surface area contributed by atoms with E-state index in [1.165, 1.54) is 6.07 Å². The summed E-state index contributed by atoms with van der Waals surface area (Å²) < 4.78 is 0. The van der Waals surface area contributed by atoms with E-state index in [2.05, 4.69) is 6.58 Å². The second-order valence-corrected chi connectivity index (χ2v) is 2.95. The SMILES string of the molecule is C=CCc1cc(CO)ccc1C(=O)O. The normalized spacial score (nSPS) is 9.79. The Bertz CT molecular complexity index is 356. The predicted molar refractivity (Wildman–Crippen MR) is 53.2 cm³/mol. The van der Waals surface area contributed by atoms with E-state index in [9.17, 15) is 4.79 Å². The van der Waals surface area contributed by atoms with Crippen molar-refractivity contribution in [1.82, 2.24) is 0 Å². The summed E-state index contributed by atoms with van der Waals surface area (Å²) in [6, 6.07) is 4.80. The molecule has 0 spiro atoms. The van der Waals surface area contributed by atoms with Crippen molar-refractivity contribution in [2.24, 2.45) is 0 Å². The van der Waals surface area contributed by atoms with Crippen molar-refractivity contribution in [3.8, 4) is 0 Å². The highest BCUT2D eigenvalue weighted by atomic mass is 16.4. The van der Waals surface area contributed by atoms with E-state index >= 15 is 0 Å². The number of rotatable bonds is 4. The minimum Gasteiger partial charge on any atom is -0.478 e. The fraction of sp³-hybridized carbons (Fsp3) is 0.182. The molecule has 3 nitrogen and oxygen atoms in total. The van der Waals surface area contributed by atoms with E-state index < -0.39 is 5.97 Å². The number of carbonyl (C=O) groups is 1. The lowest BCUT2D eigenvalue weighted by molar-refractivity contribution is 0.0696. The van der Waals surface area contributed by atoms with Crippen LogP contribution in [0, 0.1) is 0 Å². The number of hydrogen-bond acceptors (Lipinski definition) is 2. The Morgan fingerprint density at radius 3 is 2.71 bits per heavy atom. The molecule has 0 unspecified atom stereocenters. The van der Waals surface area contributed by atoms with Gasteiger partial charge in [-0.1, -0.05) is 18.2 Å². The molecule has 14 heavy (non-hydrogen) atoms. The highest BCUT2D eigenvalue weighted by Gasteiger charge is 2.08. The van der Waals surface area contributed by atoms with Gasteiger partial charge in [-0.2, -0.15) is 0 Å². The molecule has 74 valence electrons. The van der Waals surface area contributed by atoms with Gasteiger partial charge in [-0.3, -0.25) is 0 Å². The molecule has 0 amide bonds. The van der Waals surface area contributed by atoms with Crippen molar-refractivity contribution < 1.29 is 15.0 Å². The molecule has 0 aromatic heterocycles. The lowest BCUT2D eigenvalue weighted by Crippen LogP contribution is -2.02. The molecule has 0 bridgehead atoms. The lowest BCUT2D eigenvalue weighted by Gasteiger charge is -2.05. The number of aliphatic hydroxyl groups is 1. The summed E-state index contributed by atoms with van der Waals surface area (Å²) in [7, 11) is 0. The Morgan fingerprint density at radius 1 is 1.50 bits per heavy atom. The first-order valence-electron chi connectivity index (χ1n) is 4.26. The van der Waals surface area contributed by atoms with Gasteiger partial charge in [-0.15, -0.1) is 6.58 Å². The van der Waals surface area contributed by atoms with Crippen LogP contribution in [-0.2, 0) is 13.0 Å². The zero-order chi connectivity index (χ0) is 10.6. The summed E-state index contributed by atoms with van der Waals surface area (Å²) in [6.45, 7) is 3.48. The van der Waals surface area contributed by atoms with Gasteiger partial charge in [0.25, 0.3) is 0 Å². The van der Waals surface area contributed by atoms with Gasteiger partial charge >= 0.3 is 5.97 Å². The Hall–Kier alpha value is -1.61. The minimum absolute atomic E-state index is 0.0793. The topological polar surface area (TPSA) is 57.5 Å². The lowest BCUT2D eigenvalue weighted by atomic mass is 10.0. The van der Waals surface area contributed by atoms with Crippen molar-refractivity contribution in [3.05, 3.63) is 47.5 Å². The van der Waals surface area contributed by atoms with Crippen molar-refractivity contribution in [1.29, 1.82) is 0 Å². The van der Waals surface area contributed by atoms with Crippen LogP contribution in [0.3, 0.4) is 0 Å². The van der Waals surface area contributed by atoms with Gasteiger partial charge in [0.05, 0.1) is 12.2 Å². The van der Waals surface area contributed by atoms with E-state index in [0.717, 1.165) is 0 Å². The summed E-state index contributed by atoms with van der Waals surface area (Å²) in [5, 5.41) is 17.7. The van der Waals surface area contributed by atoms with Crippen LogP contribution in [-0.4, -0.2) is 16.2 Å². The fourth-order valence-electron chi connectivity index (χ4n) is 1.28. The van der Waals surface area contributed by atoms with Gasteiger partial charge < -0.3 is 10.2 Å². The molecule has 0 fully saturated rings. The second-order valence-electron chi connectivity index (χ2n) is 2.95. The van der Waals surface area contributed by atoms with Gasteiger partial charge in [0.1, 0.15) is 0 Å². The molecule has 1 aromatic carbocycles. The van der Waals surface area contributed by atoms with Crippen molar-refractivity contribution in [2.45, 2.75) is 13.0 Å². The molecule has 2 N–H and O–H groups in total. The van der Waals surface area contributed by atoms with Crippen LogP contribution in [0.1, 0.15) is 21.5 Å². The Morgan fingerprint density at radius 2 is 2.21 bits per heavy atom. The quantitative estimate of drug-likeness (QED) is 0.712. The Balaban J connectivity index is 3.16. The second kappa shape index (κ2) is 4.58. The number of allylic oxidation sites excluding steroid dienone is 1. The van der Waals surface area contributed by atoms with Crippen LogP contribution in [0.2, 0.25) is 0 Å². The third-order valence-corrected chi connectivity index (χ3v) is 1.95. The maximum absolute atomic E-state index is 10.8. The van der Waals surface area contributed by atoms with Crippen molar-refractivity contribution in [3.63, 3.8) is 0 Å². The fourth-order valence-corrected chi connectivity index (χ4v) is 1.28. The average molecular weight is 192 g/mol. The van der Waals surface area contributed by atoms with E-state index in [-0.39, 0.29) is 12.2 Å². The standard InChI is InChI=1S/C11H12O3/c1-2-3-9-6-8(7-12)4-5-10(9)11(13)14/h2,4-6,12H,1,3,7H2,(H,13,14). The predicted octanol–water partition coefficient (Wildman–Crippen LogP) is 1.61. The minimum atomic E-state index is -0.952. The Labute approximate surface area is 82.3 Å². The van der Waals surface area contributed by atoms with Crippen LogP contribution >= 0.6 is 0 Å². The summed E-state index contributed by atoms with van der Waals surface area (Å²) in [6.07, 6.45) is 2.14. The molecule has 0 saturated heterocycles. The molecule has 0 heterocycles. The van der Waals surface area contributed by atoms with Gasteiger partial charge in [0.2, 0.25) is 0 Å². The van der Waals surface area contributed by atoms with Crippen LogP contribution < -0.4 is 0 Å². The molecule has 3 heteroatoms. The van der Waals surface area contributed by atoms with Gasteiger partial charge in [-0.25, -0.2) is 4.79 Å². The number of carboxylic acid groups (broad SMARTS) is 1. The smallest absolute Gasteiger partial charge is 0.335 e. The van der Waals surface area contributed by atoms with E-state index in [1.807, 2.05) is 0 Å². The zero-order valence-electron chi connectivity index (χ0n) is 7.73. The molecule has 0 aliphatic heterocycles. The van der Waals surface area contributed by atoms with Crippen LogP contribution in [0.15, 0.2) is 30.9 Å². The number of carboxylic acids is 1. The number of aromatic carboxylic acids is 1. The average Bonchev–Trinajstić information content (AvgIpc) is 2.17. The van der Waals surface area contributed by atoms with Crippen LogP contribution in [0.4, 0.5) is 0 Å². The molecule has 1 aromatic rings. The molecule has 0 aliphatic carbocycles. The summed E-state index contributed by atoms with van der Waals surface area (Å²) in [5.74, 6) is -0.952. The molecular formula is C11H12O3. The Kier molecular flexibility index (Phi) is 3.42. The molecule has 0 radical (unpaired) electrons. The zero-order valence-corrected chi connectivity index (χ0v) is 7.73. The summed E-state index contributed by atoms with van der Waals surface area (Å²) in [5.41, 5.74) is 1.66. The van der Waals surface area contributed by atoms with Crippen molar-refractivity contribution >= 4 is 5.97 Å². The van der Waals surface area contributed by atoms with E-state index in [0.29, 0.717) is 17.5 Å². The maximum atomic E-state index is 10.8. The van der Waals surface area contributed by atoms with Crippen molar-refractivity contribution in [2.75, 3.05) is 0 Å². The first-order valence-corrected chi connectivity index (χ1v) is 4.26. The molecule has 0 atom stereocenters. The first kappa shape index (κ1) is 10.5. The number of hydrogen-bond donors (Lipinski definition) is 2. The number of benzene rings is 1. The molecule has 0 saturated carbocycles. The van der Waals surface area contributed by atoms with Crippen LogP contribution in [0.25, 0.3) is 0 Å². The summed E-state index contributed by atoms with van der Waals surface area (Å²) >= 11 is 0. The molecule has 0 aliphatic rings. The highest BCUT2D eigenvalue weighted by Crippen LogP contribution is 2.13. The monoisotopic (exact) mass is 192 g/mol. The largest absolute Gasteiger partial charge is 0.478 e. The summed E-state index contributed by atoms with van der Waals surface area (Å²) in [4.78, 5) is 10.8. The first-order chi connectivity index (χ1) is 6.69. The molecular weight excluding hydrogens is 180 g/mol. The van der Waals surface area contributed by atoms with E-state index in [1.54, 1.807) is 18.2 Å². The van der Waals surface area contributed by atoms with E-state index in [4.69, 9.17) is 10.2 Å². The van der Waals surface area contributed by atoms with Gasteiger partial charge in [-0.05, 0) is 23.6 Å². The van der Waals surface area contributed by atoms with Gasteiger partial charge in [0.15, 0.2) is 0 Å². The van der Waals surface area contributed by atoms with Gasteiger partial charge in [0, 0.05) is 0 Å². The maximum Gasteiger partial charge on any atom is 0.335 e. The number of aliphatic hydroxyl groups excluding tert-OH is 1. The highest BCUT2D eigenvalue weighted by molar-refractivity contribution is 5.89. The molecule has 1 rings (SSSR count). The van der Waals surface area contributed by atoms with Crippen LogP contribution in [0.5, 0.6) is 0 Å².